The van der Waals surface area contributed by atoms with E-state index in [4.69, 9.17) is 9.15 Å². The predicted molar refractivity (Wildman–Crippen MR) is 96.1 cm³/mol. The Morgan fingerprint density at radius 1 is 1.37 bits per heavy atom. The first-order valence-corrected chi connectivity index (χ1v) is 9.13. The van der Waals surface area contributed by atoms with Crippen molar-refractivity contribution < 1.29 is 18.7 Å². The molecule has 0 bridgehead atoms. The molecule has 1 aromatic carbocycles. The molecule has 8 nitrogen and oxygen atoms in total. The van der Waals surface area contributed by atoms with Crippen LogP contribution in [0.5, 0.6) is 0 Å². The van der Waals surface area contributed by atoms with Gasteiger partial charge >= 0.3 is 0 Å². The zero-order valence-electron chi connectivity index (χ0n) is 15.4. The number of carbonyl (C=O) groups excluding carboxylic acids is 2. The SMILES string of the molecule is CC(C)c1nnc(C2COCCN2C(=O)Cc2ccc3c(c2)NC(=O)C3)o1. The first kappa shape index (κ1) is 17.7. The molecule has 142 valence electrons. The van der Waals surface area contributed by atoms with Crippen molar-refractivity contribution in [1.29, 1.82) is 0 Å². The van der Waals surface area contributed by atoms with E-state index < -0.39 is 0 Å². The molecule has 27 heavy (non-hydrogen) atoms. The summed E-state index contributed by atoms with van der Waals surface area (Å²) < 4.78 is 11.3. The number of ether oxygens (including phenoxy) is 1. The molecule has 0 saturated carbocycles. The van der Waals surface area contributed by atoms with Gasteiger partial charge < -0.3 is 19.4 Å². The van der Waals surface area contributed by atoms with E-state index in [2.05, 4.69) is 15.5 Å². The summed E-state index contributed by atoms with van der Waals surface area (Å²) in [4.78, 5) is 26.2. The maximum Gasteiger partial charge on any atom is 0.241 e. The number of carbonyl (C=O) groups is 2. The lowest BCUT2D eigenvalue weighted by atomic mass is 10.1. The number of morpholine rings is 1. The van der Waals surface area contributed by atoms with Crippen molar-refractivity contribution in [3.8, 4) is 0 Å². The molecule has 1 N–H and O–H groups in total. The monoisotopic (exact) mass is 370 g/mol. The maximum atomic E-state index is 12.9. The van der Waals surface area contributed by atoms with Gasteiger partial charge in [0.1, 0.15) is 6.04 Å². The summed E-state index contributed by atoms with van der Waals surface area (Å²) in [7, 11) is 0. The number of nitrogens with one attached hydrogen (secondary N) is 1. The number of rotatable bonds is 4. The second-order valence-electron chi connectivity index (χ2n) is 7.20. The summed E-state index contributed by atoms with van der Waals surface area (Å²) in [5.74, 6) is 1.04. The standard InChI is InChI=1S/C19H22N4O4/c1-11(2)18-21-22-19(27-18)15-10-26-6-5-23(15)17(25)8-12-3-4-13-9-16(24)20-14(13)7-12/h3-4,7,11,15H,5-6,8-10H2,1-2H3,(H,20,24). The third kappa shape index (κ3) is 3.57. The van der Waals surface area contributed by atoms with E-state index in [1.165, 1.54) is 0 Å². The number of hydrogen-bond donors (Lipinski definition) is 1. The lowest BCUT2D eigenvalue weighted by Gasteiger charge is -2.33. The van der Waals surface area contributed by atoms with Crippen LogP contribution >= 0.6 is 0 Å². The summed E-state index contributed by atoms with van der Waals surface area (Å²) in [5.41, 5.74) is 2.62. The van der Waals surface area contributed by atoms with Gasteiger partial charge in [0.2, 0.25) is 23.6 Å². The molecule has 0 spiro atoms. The van der Waals surface area contributed by atoms with Gasteiger partial charge in [-0.15, -0.1) is 10.2 Å². The van der Waals surface area contributed by atoms with E-state index in [0.717, 1.165) is 16.8 Å². The molecule has 2 aliphatic rings. The summed E-state index contributed by atoms with van der Waals surface area (Å²) in [6.45, 7) is 5.25. The molecule has 0 radical (unpaired) electrons. The minimum Gasteiger partial charge on any atom is -0.423 e. The van der Waals surface area contributed by atoms with Crippen molar-refractivity contribution in [2.45, 2.75) is 38.6 Å². The Kier molecular flexibility index (Phi) is 4.65. The molecule has 0 aliphatic carbocycles. The van der Waals surface area contributed by atoms with Crippen molar-refractivity contribution in [2.75, 3.05) is 25.1 Å². The third-order valence-electron chi connectivity index (χ3n) is 4.84. The minimum atomic E-state index is -0.375. The van der Waals surface area contributed by atoms with E-state index in [0.29, 0.717) is 38.0 Å². The molecular formula is C19H22N4O4. The van der Waals surface area contributed by atoms with E-state index in [1.54, 1.807) is 4.90 Å². The average molecular weight is 370 g/mol. The zero-order valence-corrected chi connectivity index (χ0v) is 15.4. The molecule has 1 aromatic heterocycles. The first-order valence-electron chi connectivity index (χ1n) is 9.13. The minimum absolute atomic E-state index is 0.0147. The Labute approximate surface area is 156 Å². The molecule has 1 atom stereocenters. The highest BCUT2D eigenvalue weighted by Gasteiger charge is 2.33. The molecule has 1 saturated heterocycles. The topological polar surface area (TPSA) is 97.6 Å². The van der Waals surface area contributed by atoms with Crippen LogP contribution < -0.4 is 5.32 Å². The van der Waals surface area contributed by atoms with E-state index in [1.807, 2.05) is 32.0 Å². The Morgan fingerprint density at radius 2 is 2.22 bits per heavy atom. The van der Waals surface area contributed by atoms with Crippen LogP contribution in [0.3, 0.4) is 0 Å². The predicted octanol–water partition coefficient (Wildman–Crippen LogP) is 1.83. The highest BCUT2D eigenvalue weighted by atomic mass is 16.5. The Morgan fingerprint density at radius 3 is 3.00 bits per heavy atom. The quantitative estimate of drug-likeness (QED) is 0.882. The fraction of sp³-hybridized carbons (Fsp3) is 0.474. The van der Waals surface area contributed by atoms with Gasteiger partial charge in [-0.3, -0.25) is 9.59 Å². The van der Waals surface area contributed by atoms with Gasteiger partial charge in [-0.2, -0.15) is 0 Å². The molecule has 1 unspecified atom stereocenters. The van der Waals surface area contributed by atoms with Crippen molar-refractivity contribution >= 4 is 17.5 Å². The van der Waals surface area contributed by atoms with Gasteiger partial charge in [-0.1, -0.05) is 26.0 Å². The van der Waals surface area contributed by atoms with Crippen LogP contribution in [0.25, 0.3) is 0 Å². The summed E-state index contributed by atoms with van der Waals surface area (Å²) in [6.07, 6.45) is 0.634. The molecule has 2 aliphatic heterocycles. The molecular weight excluding hydrogens is 348 g/mol. The molecule has 2 aromatic rings. The van der Waals surface area contributed by atoms with Crippen LogP contribution in [0.4, 0.5) is 5.69 Å². The smallest absolute Gasteiger partial charge is 0.241 e. The van der Waals surface area contributed by atoms with E-state index >= 15 is 0 Å². The van der Waals surface area contributed by atoms with Gasteiger partial charge in [0.25, 0.3) is 0 Å². The Balaban J connectivity index is 1.51. The molecule has 3 heterocycles. The highest BCUT2D eigenvalue weighted by molar-refractivity contribution is 5.99. The number of anilines is 1. The van der Waals surface area contributed by atoms with Gasteiger partial charge in [0.15, 0.2) is 0 Å². The summed E-state index contributed by atoms with van der Waals surface area (Å²) >= 11 is 0. The van der Waals surface area contributed by atoms with Gasteiger partial charge in [-0.25, -0.2) is 0 Å². The van der Waals surface area contributed by atoms with Crippen LogP contribution in [0.15, 0.2) is 22.6 Å². The number of aromatic nitrogens is 2. The fourth-order valence-electron chi connectivity index (χ4n) is 3.37. The highest BCUT2D eigenvalue weighted by Crippen LogP contribution is 2.27. The maximum absolute atomic E-state index is 12.9. The van der Waals surface area contributed by atoms with Crippen molar-refractivity contribution in [3.05, 3.63) is 41.1 Å². The number of hydrogen-bond acceptors (Lipinski definition) is 6. The first-order chi connectivity index (χ1) is 13.0. The number of amides is 2. The van der Waals surface area contributed by atoms with Gasteiger partial charge in [0.05, 0.1) is 26.1 Å². The average Bonchev–Trinajstić information content (AvgIpc) is 3.27. The molecule has 2 amide bonds. The third-order valence-corrected chi connectivity index (χ3v) is 4.84. The van der Waals surface area contributed by atoms with Gasteiger partial charge in [0, 0.05) is 18.2 Å². The normalized spacial score (nSPS) is 19.3. The van der Waals surface area contributed by atoms with Crippen LogP contribution in [0.1, 0.15) is 48.7 Å². The zero-order chi connectivity index (χ0) is 19.0. The van der Waals surface area contributed by atoms with Crippen molar-refractivity contribution in [1.82, 2.24) is 15.1 Å². The van der Waals surface area contributed by atoms with Crippen LogP contribution in [-0.2, 0) is 27.2 Å². The van der Waals surface area contributed by atoms with Crippen LogP contribution in [0, 0.1) is 0 Å². The van der Waals surface area contributed by atoms with Gasteiger partial charge in [-0.05, 0) is 17.2 Å². The number of nitrogens with zero attached hydrogens (tertiary/aromatic N) is 3. The summed E-state index contributed by atoms with van der Waals surface area (Å²) in [6, 6.07) is 5.30. The lowest BCUT2D eigenvalue weighted by molar-refractivity contribution is -0.140. The van der Waals surface area contributed by atoms with Crippen LogP contribution in [0.2, 0.25) is 0 Å². The summed E-state index contributed by atoms with van der Waals surface area (Å²) in [5, 5.41) is 11.0. The fourth-order valence-corrected chi connectivity index (χ4v) is 3.37. The lowest BCUT2D eigenvalue weighted by Crippen LogP contribution is -2.44. The van der Waals surface area contributed by atoms with E-state index in [9.17, 15) is 9.59 Å². The second-order valence-corrected chi connectivity index (χ2v) is 7.20. The largest absolute Gasteiger partial charge is 0.423 e. The Hall–Kier alpha value is -2.74. The van der Waals surface area contributed by atoms with E-state index in [-0.39, 0.29) is 30.2 Å². The number of fused-ring (bicyclic) bond motifs is 1. The second kappa shape index (κ2) is 7.11. The molecule has 4 rings (SSSR count). The van der Waals surface area contributed by atoms with Crippen molar-refractivity contribution in [3.63, 3.8) is 0 Å². The number of benzene rings is 1. The molecule has 1 fully saturated rings. The van der Waals surface area contributed by atoms with Crippen molar-refractivity contribution in [2.24, 2.45) is 0 Å². The Bertz CT molecular complexity index is 876. The molecule has 8 heteroatoms. The van der Waals surface area contributed by atoms with Crippen LogP contribution in [-0.4, -0.2) is 46.7 Å².